The molecule has 1 aromatic rings. The molecule has 1 aromatic heterocycles. The Labute approximate surface area is 131 Å². The van der Waals surface area contributed by atoms with Gasteiger partial charge in [0, 0.05) is 30.6 Å². The zero-order valence-corrected chi connectivity index (χ0v) is 14.1. The lowest BCUT2D eigenvalue weighted by molar-refractivity contribution is 0.222. The molecule has 1 aliphatic heterocycles. The number of hydrogen-bond donors (Lipinski definition) is 1. The fourth-order valence-electron chi connectivity index (χ4n) is 2.07. The van der Waals surface area contributed by atoms with Crippen molar-refractivity contribution in [2.24, 2.45) is 0 Å². The van der Waals surface area contributed by atoms with Crippen molar-refractivity contribution in [3.05, 3.63) is 0 Å². The van der Waals surface area contributed by atoms with Gasteiger partial charge in [-0.25, -0.2) is 0 Å². The molecule has 1 aliphatic rings. The lowest BCUT2D eigenvalue weighted by atomic mass is 10.4. The van der Waals surface area contributed by atoms with E-state index in [4.69, 9.17) is 4.74 Å². The summed E-state index contributed by atoms with van der Waals surface area (Å²) in [6.07, 6.45) is 1.08. The molecule has 1 N–H and O–H groups in total. The van der Waals surface area contributed by atoms with E-state index >= 15 is 0 Å². The van der Waals surface area contributed by atoms with Crippen LogP contribution in [0.4, 0.5) is 11.9 Å². The highest BCUT2D eigenvalue weighted by Gasteiger charge is 2.21. The zero-order valence-electron chi connectivity index (χ0n) is 13.3. The average molecular weight is 311 g/mol. The third kappa shape index (κ3) is 4.91. The Morgan fingerprint density at radius 3 is 2.86 bits per heavy atom. The maximum Gasteiger partial charge on any atom is 0.323 e. The van der Waals surface area contributed by atoms with Crippen molar-refractivity contribution in [1.82, 2.24) is 15.0 Å². The predicted octanol–water partition coefficient (Wildman–Crippen LogP) is 2.42. The molecule has 0 spiro atoms. The first-order chi connectivity index (χ1) is 10.1. The van der Waals surface area contributed by atoms with E-state index in [-0.39, 0.29) is 6.10 Å². The minimum absolute atomic E-state index is 0.0510. The Morgan fingerprint density at radius 1 is 1.38 bits per heavy atom. The molecular formula is C14H25N5OS. The molecule has 21 heavy (non-hydrogen) atoms. The fourth-order valence-corrected chi connectivity index (χ4v) is 3.08. The molecule has 0 aliphatic carbocycles. The van der Waals surface area contributed by atoms with E-state index in [9.17, 15) is 0 Å². The van der Waals surface area contributed by atoms with E-state index in [2.05, 4.69) is 39.0 Å². The van der Waals surface area contributed by atoms with Crippen molar-refractivity contribution in [3.8, 4) is 6.01 Å². The van der Waals surface area contributed by atoms with Crippen molar-refractivity contribution < 1.29 is 4.74 Å². The molecule has 1 fully saturated rings. The van der Waals surface area contributed by atoms with Crippen molar-refractivity contribution in [2.45, 2.75) is 45.5 Å². The minimum atomic E-state index is 0.0510. The fraction of sp³-hybridized carbons (Fsp3) is 0.786. The van der Waals surface area contributed by atoms with E-state index in [0.717, 1.165) is 31.8 Å². The van der Waals surface area contributed by atoms with Crippen molar-refractivity contribution in [1.29, 1.82) is 0 Å². The van der Waals surface area contributed by atoms with Crippen LogP contribution in [0.5, 0.6) is 6.01 Å². The van der Waals surface area contributed by atoms with Gasteiger partial charge >= 0.3 is 6.01 Å². The summed E-state index contributed by atoms with van der Waals surface area (Å²) in [5, 5.41) is 3.82. The van der Waals surface area contributed by atoms with Gasteiger partial charge in [0.1, 0.15) is 0 Å². The van der Waals surface area contributed by atoms with Crippen LogP contribution in [0.3, 0.4) is 0 Å². The Morgan fingerprint density at radius 2 is 2.19 bits per heavy atom. The van der Waals surface area contributed by atoms with Crippen LogP contribution in [0.15, 0.2) is 0 Å². The summed E-state index contributed by atoms with van der Waals surface area (Å²) in [4.78, 5) is 15.6. The van der Waals surface area contributed by atoms with Gasteiger partial charge < -0.3 is 15.0 Å². The molecule has 0 bridgehead atoms. The molecule has 1 unspecified atom stereocenters. The van der Waals surface area contributed by atoms with Crippen LogP contribution in [-0.4, -0.2) is 51.7 Å². The maximum atomic E-state index is 5.66. The second-order valence-corrected chi connectivity index (χ2v) is 7.01. The van der Waals surface area contributed by atoms with Crippen LogP contribution >= 0.6 is 11.8 Å². The third-order valence-electron chi connectivity index (χ3n) is 3.00. The average Bonchev–Trinajstić information content (AvgIpc) is 2.44. The summed E-state index contributed by atoms with van der Waals surface area (Å²) in [5.41, 5.74) is 0. The van der Waals surface area contributed by atoms with Crippen LogP contribution < -0.4 is 15.0 Å². The normalized spacial score (nSPS) is 18.9. The van der Waals surface area contributed by atoms with Crippen molar-refractivity contribution >= 4 is 23.7 Å². The smallest absolute Gasteiger partial charge is 0.323 e. The van der Waals surface area contributed by atoms with Crippen molar-refractivity contribution in [2.75, 3.05) is 35.6 Å². The van der Waals surface area contributed by atoms with Crippen LogP contribution in [0.25, 0.3) is 0 Å². The number of nitrogens with one attached hydrogen (secondary N) is 1. The van der Waals surface area contributed by atoms with Crippen molar-refractivity contribution in [3.63, 3.8) is 0 Å². The Balaban J connectivity index is 2.20. The molecule has 2 rings (SSSR count). The summed E-state index contributed by atoms with van der Waals surface area (Å²) in [6, 6.07) is 0.402. The first-order valence-electron chi connectivity index (χ1n) is 7.61. The molecular weight excluding hydrogens is 286 g/mol. The van der Waals surface area contributed by atoms with E-state index in [1.165, 1.54) is 0 Å². The lowest BCUT2D eigenvalue weighted by Gasteiger charge is -2.30. The third-order valence-corrected chi connectivity index (χ3v) is 4.14. The van der Waals surface area contributed by atoms with E-state index < -0.39 is 0 Å². The zero-order chi connectivity index (χ0) is 15.2. The summed E-state index contributed by atoms with van der Waals surface area (Å²) in [5.74, 6) is 2.42. The SMILES string of the molecule is CCCNc1nc(OC(C)C)nc(N2CCSC(C)C2)n1. The number of ether oxygens (including phenoxy) is 1. The van der Waals surface area contributed by atoms with E-state index in [1.807, 2.05) is 25.6 Å². The molecule has 1 saturated heterocycles. The number of hydrogen-bond acceptors (Lipinski definition) is 7. The molecule has 0 amide bonds. The molecule has 1 atom stereocenters. The van der Waals surface area contributed by atoms with Crippen LogP contribution in [0.2, 0.25) is 0 Å². The highest BCUT2D eigenvalue weighted by Crippen LogP contribution is 2.23. The quantitative estimate of drug-likeness (QED) is 0.865. The molecule has 0 saturated carbocycles. The second kappa shape index (κ2) is 7.68. The van der Waals surface area contributed by atoms with Gasteiger partial charge in [-0.1, -0.05) is 13.8 Å². The van der Waals surface area contributed by atoms with Gasteiger partial charge in [0.25, 0.3) is 0 Å². The topological polar surface area (TPSA) is 63.2 Å². The standard InChI is InChI=1S/C14H25N5OS/c1-5-6-15-12-16-13(18-14(17-12)20-10(2)3)19-7-8-21-11(4)9-19/h10-11H,5-9H2,1-4H3,(H,15,16,17,18). The number of anilines is 2. The van der Waals surface area contributed by atoms with Gasteiger partial charge in [-0.2, -0.15) is 26.7 Å². The van der Waals surface area contributed by atoms with Gasteiger partial charge in [-0.3, -0.25) is 0 Å². The molecule has 0 radical (unpaired) electrons. The lowest BCUT2D eigenvalue weighted by Crippen LogP contribution is -2.38. The first kappa shape index (κ1) is 16.1. The Hall–Kier alpha value is -1.24. The molecule has 2 heterocycles. The summed E-state index contributed by atoms with van der Waals surface area (Å²) >= 11 is 1.99. The number of rotatable bonds is 6. The monoisotopic (exact) mass is 311 g/mol. The van der Waals surface area contributed by atoms with Crippen LogP contribution in [-0.2, 0) is 0 Å². The molecule has 118 valence electrons. The Kier molecular flexibility index (Phi) is 5.90. The summed E-state index contributed by atoms with van der Waals surface area (Å²) in [6.45, 7) is 11.1. The highest BCUT2D eigenvalue weighted by atomic mass is 32.2. The molecule has 6 nitrogen and oxygen atoms in total. The summed E-state index contributed by atoms with van der Waals surface area (Å²) in [7, 11) is 0. The van der Waals surface area contributed by atoms with Gasteiger partial charge in [-0.05, 0) is 20.3 Å². The highest BCUT2D eigenvalue weighted by molar-refractivity contribution is 8.00. The predicted molar refractivity (Wildman–Crippen MR) is 88.5 cm³/mol. The second-order valence-electron chi connectivity index (χ2n) is 5.46. The maximum absolute atomic E-state index is 5.66. The van der Waals surface area contributed by atoms with Crippen LogP contribution in [0, 0.1) is 0 Å². The Bertz CT molecular complexity index is 457. The first-order valence-corrected chi connectivity index (χ1v) is 8.66. The van der Waals surface area contributed by atoms with Gasteiger partial charge in [0.2, 0.25) is 11.9 Å². The minimum Gasteiger partial charge on any atom is -0.461 e. The summed E-state index contributed by atoms with van der Waals surface area (Å²) < 4.78 is 5.66. The van der Waals surface area contributed by atoms with Gasteiger partial charge in [-0.15, -0.1) is 0 Å². The molecule has 7 heteroatoms. The van der Waals surface area contributed by atoms with Gasteiger partial charge in [0.15, 0.2) is 0 Å². The van der Waals surface area contributed by atoms with E-state index in [1.54, 1.807) is 0 Å². The van der Waals surface area contributed by atoms with Crippen LogP contribution in [0.1, 0.15) is 34.1 Å². The number of nitrogens with zero attached hydrogens (tertiary/aromatic N) is 4. The van der Waals surface area contributed by atoms with Gasteiger partial charge in [0.05, 0.1) is 6.10 Å². The molecule has 0 aromatic carbocycles. The van der Waals surface area contributed by atoms with E-state index in [0.29, 0.717) is 23.2 Å². The number of aromatic nitrogens is 3. The largest absolute Gasteiger partial charge is 0.461 e. The number of thioether (sulfide) groups is 1.